The summed E-state index contributed by atoms with van der Waals surface area (Å²) in [6, 6.07) is 10.9. The monoisotopic (exact) mass is 219 g/mol. The Morgan fingerprint density at radius 3 is 2.44 bits per heavy atom. The van der Waals surface area contributed by atoms with Crippen molar-refractivity contribution in [1.29, 1.82) is 0 Å². The van der Waals surface area contributed by atoms with Crippen molar-refractivity contribution >= 4 is 0 Å². The van der Waals surface area contributed by atoms with Gasteiger partial charge in [0.1, 0.15) is 0 Å². The fraction of sp³-hybridized carbons (Fsp3) is 0.571. The van der Waals surface area contributed by atoms with Crippen LogP contribution in [0.1, 0.15) is 38.7 Å². The van der Waals surface area contributed by atoms with E-state index in [-0.39, 0.29) is 11.6 Å². The zero-order valence-electron chi connectivity index (χ0n) is 10.1. The molecule has 1 aromatic rings. The van der Waals surface area contributed by atoms with Gasteiger partial charge in [0.15, 0.2) is 0 Å². The highest BCUT2D eigenvalue weighted by Gasteiger charge is 2.29. The lowest BCUT2D eigenvalue weighted by atomic mass is 9.93. The van der Waals surface area contributed by atoms with Crippen molar-refractivity contribution in [3.05, 3.63) is 35.9 Å². The van der Waals surface area contributed by atoms with Gasteiger partial charge in [0.2, 0.25) is 0 Å². The molecule has 1 aliphatic carbocycles. The van der Waals surface area contributed by atoms with Gasteiger partial charge in [0.05, 0.1) is 6.10 Å². The van der Waals surface area contributed by atoms with Gasteiger partial charge in [-0.2, -0.15) is 0 Å². The fourth-order valence-electron chi connectivity index (χ4n) is 2.54. The summed E-state index contributed by atoms with van der Waals surface area (Å²) in [6.07, 6.45) is 2.79. The van der Waals surface area contributed by atoms with Crippen molar-refractivity contribution in [2.24, 2.45) is 0 Å². The Morgan fingerprint density at radius 1 is 1.19 bits per heavy atom. The summed E-state index contributed by atoms with van der Waals surface area (Å²) in [5.41, 5.74) is 1.28. The van der Waals surface area contributed by atoms with E-state index >= 15 is 0 Å². The predicted octanol–water partition coefficient (Wildman–Crippen LogP) is 2.42. The molecule has 1 aliphatic rings. The Balaban J connectivity index is 2.03. The Kier molecular flexibility index (Phi) is 3.31. The second-order valence-electron chi connectivity index (χ2n) is 5.30. The third-order valence-corrected chi connectivity index (χ3v) is 3.47. The lowest BCUT2D eigenvalue weighted by Crippen LogP contribution is -2.42. The molecular formula is C14H21NO. The van der Waals surface area contributed by atoms with Crippen LogP contribution in [0.2, 0.25) is 0 Å². The molecule has 0 saturated heterocycles. The van der Waals surface area contributed by atoms with Gasteiger partial charge in [-0.3, -0.25) is 0 Å². The van der Waals surface area contributed by atoms with Crippen LogP contribution in [-0.2, 0) is 5.54 Å². The van der Waals surface area contributed by atoms with Crippen LogP contribution in [0, 0.1) is 0 Å². The Labute approximate surface area is 97.7 Å². The van der Waals surface area contributed by atoms with E-state index in [1.54, 1.807) is 0 Å². The van der Waals surface area contributed by atoms with Crippen molar-refractivity contribution in [2.75, 3.05) is 0 Å². The molecule has 2 atom stereocenters. The largest absolute Gasteiger partial charge is 0.393 e. The Morgan fingerprint density at radius 2 is 1.88 bits per heavy atom. The predicted molar refractivity (Wildman–Crippen MR) is 66.2 cm³/mol. The molecule has 0 spiro atoms. The second kappa shape index (κ2) is 4.56. The van der Waals surface area contributed by atoms with Gasteiger partial charge in [0, 0.05) is 11.6 Å². The van der Waals surface area contributed by atoms with Gasteiger partial charge in [-0.05, 0) is 38.7 Å². The molecule has 0 bridgehead atoms. The van der Waals surface area contributed by atoms with Crippen molar-refractivity contribution in [3.8, 4) is 0 Å². The van der Waals surface area contributed by atoms with Crippen molar-refractivity contribution < 1.29 is 5.11 Å². The van der Waals surface area contributed by atoms with Crippen molar-refractivity contribution in [3.63, 3.8) is 0 Å². The Hall–Kier alpha value is -0.860. The molecule has 0 aliphatic heterocycles. The van der Waals surface area contributed by atoms with Crippen LogP contribution in [0.15, 0.2) is 30.3 Å². The van der Waals surface area contributed by atoms with E-state index in [9.17, 15) is 5.11 Å². The SMILES string of the molecule is CC(C)(N[C@H]1CC[C@@H](O)C1)c1ccccc1. The number of rotatable bonds is 3. The molecule has 2 heteroatoms. The van der Waals surface area contributed by atoms with Gasteiger partial charge >= 0.3 is 0 Å². The van der Waals surface area contributed by atoms with Gasteiger partial charge in [-0.15, -0.1) is 0 Å². The van der Waals surface area contributed by atoms with Crippen LogP contribution >= 0.6 is 0 Å². The fourth-order valence-corrected chi connectivity index (χ4v) is 2.54. The molecule has 0 amide bonds. The second-order valence-corrected chi connectivity index (χ2v) is 5.30. The molecule has 1 fully saturated rings. The zero-order chi connectivity index (χ0) is 11.6. The molecule has 2 N–H and O–H groups in total. The summed E-state index contributed by atoms with van der Waals surface area (Å²) >= 11 is 0. The molecule has 2 nitrogen and oxygen atoms in total. The molecular weight excluding hydrogens is 198 g/mol. The van der Waals surface area contributed by atoms with Crippen molar-refractivity contribution in [2.45, 2.75) is 50.8 Å². The average molecular weight is 219 g/mol. The van der Waals surface area contributed by atoms with Gasteiger partial charge in [-0.1, -0.05) is 30.3 Å². The first kappa shape index (κ1) is 11.6. The van der Waals surface area contributed by atoms with Gasteiger partial charge < -0.3 is 10.4 Å². The summed E-state index contributed by atoms with van der Waals surface area (Å²) in [5, 5.41) is 13.2. The number of aliphatic hydroxyl groups excluding tert-OH is 1. The van der Waals surface area contributed by atoms with E-state index in [4.69, 9.17) is 0 Å². The standard InChI is InChI=1S/C14H21NO/c1-14(2,11-6-4-3-5-7-11)15-12-8-9-13(16)10-12/h3-7,12-13,15-16H,8-10H2,1-2H3/t12-,13+/m0/s1. The molecule has 1 saturated carbocycles. The minimum atomic E-state index is -0.107. The Bertz CT molecular complexity index is 334. The van der Waals surface area contributed by atoms with Crippen LogP contribution in [0.25, 0.3) is 0 Å². The smallest absolute Gasteiger partial charge is 0.0555 e. The maximum absolute atomic E-state index is 9.53. The van der Waals surface area contributed by atoms with E-state index in [1.807, 2.05) is 6.07 Å². The van der Waals surface area contributed by atoms with E-state index < -0.39 is 0 Å². The van der Waals surface area contributed by atoms with Crippen LogP contribution < -0.4 is 5.32 Å². The summed E-state index contributed by atoms with van der Waals surface area (Å²) in [4.78, 5) is 0. The quantitative estimate of drug-likeness (QED) is 0.818. The molecule has 0 radical (unpaired) electrons. The summed E-state index contributed by atoms with van der Waals surface area (Å²) in [7, 11) is 0. The minimum absolute atomic E-state index is 0.0179. The molecule has 1 aromatic carbocycles. The van der Waals surface area contributed by atoms with Crippen LogP contribution in [0.5, 0.6) is 0 Å². The van der Waals surface area contributed by atoms with Crippen LogP contribution in [0.4, 0.5) is 0 Å². The summed E-state index contributed by atoms with van der Waals surface area (Å²) in [6.45, 7) is 4.40. The first-order valence-corrected chi connectivity index (χ1v) is 6.09. The number of aliphatic hydroxyl groups is 1. The topological polar surface area (TPSA) is 32.3 Å². The van der Waals surface area contributed by atoms with E-state index in [2.05, 4.69) is 43.4 Å². The van der Waals surface area contributed by atoms with E-state index in [1.165, 1.54) is 5.56 Å². The normalized spacial score (nSPS) is 25.9. The number of benzene rings is 1. The van der Waals surface area contributed by atoms with Crippen LogP contribution in [0.3, 0.4) is 0 Å². The highest BCUT2D eigenvalue weighted by Crippen LogP contribution is 2.26. The first-order valence-electron chi connectivity index (χ1n) is 6.09. The summed E-state index contributed by atoms with van der Waals surface area (Å²) in [5.74, 6) is 0. The molecule has 0 unspecified atom stereocenters. The maximum atomic E-state index is 9.53. The van der Waals surface area contributed by atoms with E-state index in [0.717, 1.165) is 19.3 Å². The number of hydrogen-bond donors (Lipinski definition) is 2. The lowest BCUT2D eigenvalue weighted by molar-refractivity contribution is 0.177. The maximum Gasteiger partial charge on any atom is 0.0555 e. The number of nitrogens with one attached hydrogen (secondary N) is 1. The van der Waals surface area contributed by atoms with Gasteiger partial charge in [-0.25, -0.2) is 0 Å². The van der Waals surface area contributed by atoms with Crippen LogP contribution in [-0.4, -0.2) is 17.3 Å². The molecule has 16 heavy (non-hydrogen) atoms. The van der Waals surface area contributed by atoms with Gasteiger partial charge in [0.25, 0.3) is 0 Å². The minimum Gasteiger partial charge on any atom is -0.393 e. The zero-order valence-corrected chi connectivity index (χ0v) is 10.1. The third kappa shape index (κ3) is 2.63. The lowest BCUT2D eigenvalue weighted by Gasteiger charge is -2.30. The van der Waals surface area contributed by atoms with Crippen molar-refractivity contribution in [1.82, 2.24) is 5.32 Å². The summed E-state index contributed by atoms with van der Waals surface area (Å²) < 4.78 is 0. The molecule has 88 valence electrons. The third-order valence-electron chi connectivity index (χ3n) is 3.47. The number of hydrogen-bond acceptors (Lipinski definition) is 2. The highest BCUT2D eigenvalue weighted by molar-refractivity contribution is 5.22. The molecule has 0 heterocycles. The average Bonchev–Trinajstić information content (AvgIpc) is 2.64. The highest BCUT2D eigenvalue weighted by atomic mass is 16.3. The molecule has 2 rings (SSSR count). The molecule has 0 aromatic heterocycles. The van der Waals surface area contributed by atoms with E-state index in [0.29, 0.717) is 6.04 Å². The first-order chi connectivity index (χ1) is 7.58.